The Morgan fingerprint density at radius 1 is 0.882 bits per heavy atom. The third-order valence-corrected chi connectivity index (χ3v) is 1.68. The summed E-state index contributed by atoms with van der Waals surface area (Å²) in [6, 6.07) is 0. The van der Waals surface area contributed by atoms with Gasteiger partial charge in [0, 0.05) is 0 Å². The van der Waals surface area contributed by atoms with Gasteiger partial charge in [0.25, 0.3) is 0 Å². The number of carbonyl (C=O) groups excluding carboxylic acids is 2. The number of ether oxygens (including phenoxy) is 3. The Kier molecular flexibility index (Phi) is 7.71. The molecule has 0 aromatic rings. The number of esters is 2. The minimum atomic E-state index is -0.505. The van der Waals surface area contributed by atoms with Gasteiger partial charge in [-0.1, -0.05) is 13.2 Å². The monoisotopic (exact) mass is 242 g/mol. The van der Waals surface area contributed by atoms with Gasteiger partial charge >= 0.3 is 11.9 Å². The minimum absolute atomic E-state index is 0.00272. The van der Waals surface area contributed by atoms with E-state index in [2.05, 4.69) is 13.2 Å². The zero-order valence-electron chi connectivity index (χ0n) is 10.3. The van der Waals surface area contributed by atoms with Gasteiger partial charge < -0.3 is 14.2 Å². The maximum Gasteiger partial charge on any atom is 0.335 e. The van der Waals surface area contributed by atoms with E-state index < -0.39 is 11.9 Å². The van der Waals surface area contributed by atoms with Crippen LogP contribution in [0.4, 0.5) is 0 Å². The maximum absolute atomic E-state index is 11.1. The number of carbonyl (C=O) groups is 2. The third-order valence-electron chi connectivity index (χ3n) is 1.68. The Bertz CT molecular complexity index is 276. The predicted octanol–water partition coefficient (Wildman–Crippen LogP) is 1.24. The van der Waals surface area contributed by atoms with Crippen LogP contribution >= 0.6 is 0 Å². The molecule has 0 bridgehead atoms. The average molecular weight is 242 g/mol. The molecule has 0 aromatic heterocycles. The first-order valence-corrected chi connectivity index (χ1v) is 5.30. The summed E-state index contributed by atoms with van der Waals surface area (Å²) in [6.07, 6.45) is 0. The molecule has 0 N–H and O–H groups in total. The first kappa shape index (κ1) is 15.4. The Morgan fingerprint density at radius 2 is 1.24 bits per heavy atom. The van der Waals surface area contributed by atoms with Crippen molar-refractivity contribution in [1.29, 1.82) is 0 Å². The van der Waals surface area contributed by atoms with Crippen molar-refractivity contribution in [3.63, 3.8) is 0 Å². The normalized spacial score (nSPS) is 9.53. The number of hydrogen-bond acceptors (Lipinski definition) is 5. The Hall–Kier alpha value is -1.62. The maximum atomic E-state index is 11.1. The smallest absolute Gasteiger partial charge is 0.335 e. The van der Waals surface area contributed by atoms with Crippen LogP contribution in [-0.4, -0.2) is 38.4 Å². The fraction of sp³-hybridized carbons (Fsp3) is 0.500. The molecular formula is C12H18O5. The van der Waals surface area contributed by atoms with Crippen LogP contribution in [0.2, 0.25) is 0 Å². The Balaban J connectivity index is 3.84. The standard InChI is InChI=1S/C12H18O5/c1-5-16-11(13)9(3)7-15-8-10(4)12(14)17-6-2/h3-8H2,1-2H3. The first-order chi connectivity index (χ1) is 8.02. The highest BCUT2D eigenvalue weighted by Gasteiger charge is 2.10. The van der Waals surface area contributed by atoms with Crippen LogP contribution in [0.1, 0.15) is 13.8 Å². The molecule has 0 radical (unpaired) electrons. The van der Waals surface area contributed by atoms with Gasteiger partial charge in [-0.2, -0.15) is 0 Å². The van der Waals surface area contributed by atoms with E-state index >= 15 is 0 Å². The molecule has 5 heteroatoms. The molecule has 0 aliphatic rings. The van der Waals surface area contributed by atoms with Crippen LogP contribution in [0.3, 0.4) is 0 Å². The molecule has 0 saturated carbocycles. The highest BCUT2D eigenvalue weighted by atomic mass is 16.5. The molecule has 0 spiro atoms. The second-order valence-corrected chi connectivity index (χ2v) is 3.14. The molecule has 0 saturated heterocycles. The van der Waals surface area contributed by atoms with Crippen molar-refractivity contribution >= 4 is 11.9 Å². The summed E-state index contributed by atoms with van der Waals surface area (Å²) in [7, 11) is 0. The topological polar surface area (TPSA) is 61.8 Å². The number of hydrogen-bond donors (Lipinski definition) is 0. The fourth-order valence-corrected chi connectivity index (χ4v) is 0.882. The molecule has 17 heavy (non-hydrogen) atoms. The summed E-state index contributed by atoms with van der Waals surface area (Å²) in [5.41, 5.74) is 0.395. The van der Waals surface area contributed by atoms with Gasteiger partial charge in [-0.05, 0) is 13.8 Å². The fourth-order valence-electron chi connectivity index (χ4n) is 0.882. The van der Waals surface area contributed by atoms with Crippen molar-refractivity contribution in [3.8, 4) is 0 Å². The van der Waals surface area contributed by atoms with Gasteiger partial charge in [0.1, 0.15) is 0 Å². The van der Waals surface area contributed by atoms with Gasteiger partial charge in [-0.15, -0.1) is 0 Å². The van der Waals surface area contributed by atoms with Crippen LogP contribution in [0.25, 0.3) is 0 Å². The van der Waals surface area contributed by atoms with E-state index in [1.807, 2.05) is 0 Å². The van der Waals surface area contributed by atoms with Gasteiger partial charge in [-0.25, -0.2) is 9.59 Å². The van der Waals surface area contributed by atoms with Gasteiger partial charge in [-0.3, -0.25) is 0 Å². The molecule has 0 heterocycles. The largest absolute Gasteiger partial charge is 0.463 e. The van der Waals surface area contributed by atoms with Crippen molar-refractivity contribution in [2.24, 2.45) is 0 Å². The van der Waals surface area contributed by atoms with E-state index in [0.717, 1.165) is 0 Å². The summed E-state index contributed by atoms with van der Waals surface area (Å²) in [5, 5.41) is 0. The summed E-state index contributed by atoms with van der Waals surface area (Å²) >= 11 is 0. The van der Waals surface area contributed by atoms with Gasteiger partial charge in [0.05, 0.1) is 37.6 Å². The quantitative estimate of drug-likeness (QED) is 0.473. The second kappa shape index (κ2) is 8.52. The molecule has 0 fully saturated rings. The van der Waals surface area contributed by atoms with Crippen molar-refractivity contribution in [1.82, 2.24) is 0 Å². The summed E-state index contributed by atoms with van der Waals surface area (Å²) in [5.74, 6) is -1.01. The second-order valence-electron chi connectivity index (χ2n) is 3.14. The van der Waals surface area contributed by atoms with E-state index in [-0.39, 0.29) is 37.6 Å². The van der Waals surface area contributed by atoms with Crippen LogP contribution in [0.5, 0.6) is 0 Å². The molecule has 0 aliphatic heterocycles. The molecule has 96 valence electrons. The van der Waals surface area contributed by atoms with Crippen LogP contribution < -0.4 is 0 Å². The first-order valence-electron chi connectivity index (χ1n) is 5.30. The highest BCUT2D eigenvalue weighted by molar-refractivity contribution is 5.88. The minimum Gasteiger partial charge on any atom is -0.463 e. The molecular weight excluding hydrogens is 224 g/mol. The van der Waals surface area contributed by atoms with E-state index in [4.69, 9.17) is 14.2 Å². The van der Waals surface area contributed by atoms with E-state index in [1.54, 1.807) is 13.8 Å². The van der Waals surface area contributed by atoms with E-state index in [9.17, 15) is 9.59 Å². The van der Waals surface area contributed by atoms with E-state index in [1.165, 1.54) is 0 Å². The third kappa shape index (κ3) is 6.52. The van der Waals surface area contributed by atoms with E-state index in [0.29, 0.717) is 0 Å². The van der Waals surface area contributed by atoms with Crippen LogP contribution in [-0.2, 0) is 23.8 Å². The summed E-state index contributed by atoms with van der Waals surface area (Å²) in [6.45, 7) is 11.0. The molecule has 0 rings (SSSR count). The van der Waals surface area contributed by atoms with Gasteiger partial charge in [0.2, 0.25) is 0 Å². The highest BCUT2D eigenvalue weighted by Crippen LogP contribution is 2.00. The molecule has 0 aromatic carbocycles. The molecule has 0 amide bonds. The van der Waals surface area contributed by atoms with Crippen molar-refractivity contribution < 1.29 is 23.8 Å². The Morgan fingerprint density at radius 3 is 1.53 bits per heavy atom. The average Bonchev–Trinajstić information content (AvgIpc) is 2.29. The number of rotatable bonds is 8. The molecule has 0 aliphatic carbocycles. The zero-order chi connectivity index (χ0) is 13.3. The molecule has 5 nitrogen and oxygen atoms in total. The predicted molar refractivity (Wildman–Crippen MR) is 62.4 cm³/mol. The van der Waals surface area contributed by atoms with Gasteiger partial charge in [0.15, 0.2) is 0 Å². The summed E-state index contributed by atoms with van der Waals surface area (Å²) < 4.78 is 14.5. The SMILES string of the molecule is C=C(COCC(=C)C(=O)OCC)C(=O)OCC. The van der Waals surface area contributed by atoms with Crippen molar-refractivity contribution in [2.75, 3.05) is 26.4 Å². The zero-order valence-corrected chi connectivity index (χ0v) is 10.3. The lowest BCUT2D eigenvalue weighted by molar-refractivity contribution is -0.139. The van der Waals surface area contributed by atoms with Crippen molar-refractivity contribution in [3.05, 3.63) is 24.3 Å². The lowest BCUT2D eigenvalue weighted by Gasteiger charge is -2.08. The lowest BCUT2D eigenvalue weighted by atomic mass is 10.3. The lowest BCUT2D eigenvalue weighted by Crippen LogP contribution is -2.15. The van der Waals surface area contributed by atoms with Crippen LogP contribution in [0, 0.1) is 0 Å². The molecule has 0 unspecified atom stereocenters. The molecule has 0 atom stereocenters. The Labute approximate surface area is 101 Å². The summed E-state index contributed by atoms with van der Waals surface area (Å²) in [4.78, 5) is 22.3. The van der Waals surface area contributed by atoms with Crippen molar-refractivity contribution in [2.45, 2.75) is 13.8 Å². The van der Waals surface area contributed by atoms with Crippen LogP contribution in [0.15, 0.2) is 24.3 Å².